The molecule has 1 aromatic rings. The Balaban J connectivity index is 3.03. The van der Waals surface area contributed by atoms with Crippen molar-refractivity contribution < 1.29 is 0 Å². The minimum atomic E-state index is -0.507. The fourth-order valence-corrected chi connectivity index (χ4v) is 1.06. The van der Waals surface area contributed by atoms with Crippen LogP contribution in [0.5, 0.6) is 0 Å². The van der Waals surface area contributed by atoms with Crippen molar-refractivity contribution in [1.82, 2.24) is 9.97 Å². The van der Waals surface area contributed by atoms with Crippen molar-refractivity contribution in [1.29, 1.82) is 0 Å². The summed E-state index contributed by atoms with van der Waals surface area (Å²) >= 11 is 6.44. The standard InChI is InChI=1S/C7H6Br2N2O2/c8-5(9)2-1-4-3-6(12)11-7(13)10-4/h1-3,5H,(H2,10,11,12,13)/b2-1+. The van der Waals surface area contributed by atoms with Gasteiger partial charge in [-0.3, -0.25) is 9.78 Å². The number of H-pyrrole nitrogens is 2. The van der Waals surface area contributed by atoms with E-state index in [1.807, 2.05) is 0 Å². The quantitative estimate of drug-likeness (QED) is 0.806. The lowest BCUT2D eigenvalue weighted by molar-refractivity contribution is 1.02. The Morgan fingerprint density at radius 3 is 2.54 bits per heavy atom. The Labute approximate surface area is 90.3 Å². The van der Waals surface area contributed by atoms with Crippen molar-refractivity contribution in [3.05, 3.63) is 38.7 Å². The highest BCUT2D eigenvalue weighted by molar-refractivity contribution is 9.24. The first-order chi connectivity index (χ1) is 6.08. The molecule has 0 aromatic carbocycles. The number of aromatic nitrogens is 2. The lowest BCUT2D eigenvalue weighted by Crippen LogP contribution is -2.21. The van der Waals surface area contributed by atoms with Crippen molar-refractivity contribution in [2.45, 2.75) is 3.74 Å². The second-order valence-corrected chi connectivity index (χ2v) is 5.44. The molecule has 6 heteroatoms. The van der Waals surface area contributed by atoms with Gasteiger partial charge in [-0.2, -0.15) is 0 Å². The Morgan fingerprint density at radius 1 is 1.31 bits per heavy atom. The average Bonchev–Trinajstić information content (AvgIpc) is 1.99. The predicted molar refractivity (Wildman–Crippen MR) is 58.4 cm³/mol. The molecule has 0 saturated heterocycles. The van der Waals surface area contributed by atoms with Crippen LogP contribution < -0.4 is 11.2 Å². The van der Waals surface area contributed by atoms with Crippen LogP contribution in [-0.2, 0) is 0 Å². The first-order valence-electron chi connectivity index (χ1n) is 3.38. The molecule has 0 bridgehead atoms. The Hall–Kier alpha value is -0.620. The first-order valence-corrected chi connectivity index (χ1v) is 5.21. The Kier molecular flexibility index (Phi) is 3.68. The summed E-state index contributed by atoms with van der Waals surface area (Å²) in [7, 11) is 0. The van der Waals surface area contributed by atoms with Crippen molar-refractivity contribution in [3.63, 3.8) is 0 Å². The molecule has 13 heavy (non-hydrogen) atoms. The van der Waals surface area contributed by atoms with E-state index in [-0.39, 0.29) is 3.74 Å². The third-order valence-corrected chi connectivity index (χ3v) is 1.81. The number of allylic oxidation sites excluding steroid dienone is 1. The molecule has 1 aromatic heterocycles. The molecule has 0 saturated carbocycles. The van der Waals surface area contributed by atoms with Crippen molar-refractivity contribution in [3.8, 4) is 0 Å². The van der Waals surface area contributed by atoms with Crippen LogP contribution in [0.25, 0.3) is 6.08 Å². The Bertz CT molecular complexity index is 391. The van der Waals surface area contributed by atoms with Crippen molar-refractivity contribution in [2.24, 2.45) is 0 Å². The van der Waals surface area contributed by atoms with E-state index in [9.17, 15) is 9.59 Å². The highest BCUT2D eigenvalue weighted by Gasteiger charge is 1.93. The van der Waals surface area contributed by atoms with Crippen LogP contribution in [0.3, 0.4) is 0 Å². The fourth-order valence-electron chi connectivity index (χ4n) is 0.754. The van der Waals surface area contributed by atoms with Crippen LogP contribution >= 0.6 is 31.9 Å². The smallest absolute Gasteiger partial charge is 0.307 e. The minimum Gasteiger partial charge on any atom is -0.307 e. The number of hydrogen-bond acceptors (Lipinski definition) is 2. The maximum atomic E-state index is 10.8. The van der Waals surface area contributed by atoms with E-state index in [0.29, 0.717) is 5.69 Å². The lowest BCUT2D eigenvalue weighted by Gasteiger charge is -1.92. The van der Waals surface area contributed by atoms with Gasteiger partial charge in [-0.1, -0.05) is 37.9 Å². The molecule has 0 aliphatic rings. The molecule has 0 spiro atoms. The molecule has 70 valence electrons. The normalized spacial score (nSPS) is 11.3. The van der Waals surface area contributed by atoms with E-state index in [1.54, 1.807) is 12.2 Å². The topological polar surface area (TPSA) is 65.7 Å². The molecular formula is C7H6Br2N2O2. The minimum absolute atomic E-state index is 0.0165. The zero-order valence-corrected chi connectivity index (χ0v) is 9.55. The summed E-state index contributed by atoms with van der Waals surface area (Å²) in [5.74, 6) is 0. The molecule has 0 aliphatic carbocycles. The maximum Gasteiger partial charge on any atom is 0.326 e. The summed E-state index contributed by atoms with van der Waals surface area (Å²) in [4.78, 5) is 26.1. The maximum absolute atomic E-state index is 10.8. The summed E-state index contributed by atoms with van der Waals surface area (Å²) in [5.41, 5.74) is -0.449. The fraction of sp³-hybridized carbons (Fsp3) is 0.143. The van der Waals surface area contributed by atoms with Gasteiger partial charge < -0.3 is 4.98 Å². The van der Waals surface area contributed by atoms with Gasteiger partial charge in [-0.15, -0.1) is 0 Å². The molecule has 0 aliphatic heterocycles. The van der Waals surface area contributed by atoms with Crippen molar-refractivity contribution in [2.75, 3.05) is 0 Å². The van der Waals surface area contributed by atoms with Crippen LogP contribution in [0.4, 0.5) is 0 Å². The third-order valence-electron chi connectivity index (χ3n) is 1.20. The summed E-state index contributed by atoms with van der Waals surface area (Å²) < 4.78 is 0.0165. The first kappa shape index (κ1) is 10.5. The lowest BCUT2D eigenvalue weighted by atomic mass is 10.4. The van der Waals surface area contributed by atoms with Gasteiger partial charge in [-0.25, -0.2) is 4.79 Å². The number of alkyl halides is 2. The van der Waals surface area contributed by atoms with E-state index in [0.717, 1.165) is 0 Å². The summed E-state index contributed by atoms with van der Waals surface area (Å²) in [5, 5.41) is 0. The van der Waals surface area contributed by atoms with Crippen molar-refractivity contribution >= 4 is 37.9 Å². The van der Waals surface area contributed by atoms with E-state index in [1.165, 1.54) is 6.07 Å². The molecule has 0 unspecified atom stereocenters. The van der Waals surface area contributed by atoms with Gasteiger partial charge in [0.25, 0.3) is 5.56 Å². The van der Waals surface area contributed by atoms with Gasteiger partial charge in [0.05, 0.1) is 3.74 Å². The van der Waals surface area contributed by atoms with Gasteiger partial charge in [0, 0.05) is 11.8 Å². The van der Waals surface area contributed by atoms with Crippen LogP contribution in [0, 0.1) is 0 Å². The number of halogens is 2. The average molecular weight is 310 g/mol. The zero-order chi connectivity index (χ0) is 9.84. The van der Waals surface area contributed by atoms with Gasteiger partial charge in [0.2, 0.25) is 0 Å². The highest BCUT2D eigenvalue weighted by Crippen LogP contribution is 2.10. The highest BCUT2D eigenvalue weighted by atomic mass is 79.9. The molecule has 1 rings (SSSR count). The summed E-state index contributed by atoms with van der Waals surface area (Å²) in [6, 6.07) is 1.31. The third kappa shape index (κ3) is 3.73. The Morgan fingerprint density at radius 2 is 2.00 bits per heavy atom. The van der Waals surface area contributed by atoms with E-state index in [4.69, 9.17) is 0 Å². The monoisotopic (exact) mass is 308 g/mol. The number of hydrogen-bond donors (Lipinski definition) is 2. The molecule has 0 amide bonds. The van der Waals surface area contributed by atoms with E-state index in [2.05, 4.69) is 41.8 Å². The van der Waals surface area contributed by atoms with Gasteiger partial charge in [0.1, 0.15) is 0 Å². The molecule has 0 fully saturated rings. The second-order valence-electron chi connectivity index (χ2n) is 2.24. The summed E-state index contributed by atoms with van der Waals surface area (Å²) in [6.07, 6.45) is 3.37. The second kappa shape index (κ2) is 4.57. The van der Waals surface area contributed by atoms with Crippen LogP contribution in [0.2, 0.25) is 0 Å². The number of rotatable bonds is 2. The van der Waals surface area contributed by atoms with Crippen LogP contribution in [0.1, 0.15) is 5.69 Å². The zero-order valence-electron chi connectivity index (χ0n) is 6.38. The molecule has 4 nitrogen and oxygen atoms in total. The van der Waals surface area contributed by atoms with Gasteiger partial charge >= 0.3 is 5.69 Å². The molecule has 1 heterocycles. The molecule has 0 radical (unpaired) electrons. The number of aromatic amines is 2. The molecular weight excluding hydrogens is 304 g/mol. The predicted octanol–water partition coefficient (Wildman–Crippen LogP) is 1.19. The largest absolute Gasteiger partial charge is 0.326 e. The van der Waals surface area contributed by atoms with Gasteiger partial charge in [-0.05, 0) is 6.08 Å². The molecule has 2 N–H and O–H groups in total. The SMILES string of the molecule is O=c1cc(/C=C/C(Br)Br)[nH]c(=O)[nH]1. The number of nitrogens with one attached hydrogen (secondary N) is 2. The summed E-state index contributed by atoms with van der Waals surface area (Å²) in [6.45, 7) is 0. The van der Waals surface area contributed by atoms with Gasteiger partial charge in [0.15, 0.2) is 0 Å². The van der Waals surface area contributed by atoms with Crippen LogP contribution in [0.15, 0.2) is 21.7 Å². The van der Waals surface area contributed by atoms with Crippen LogP contribution in [-0.4, -0.2) is 13.7 Å². The van der Waals surface area contributed by atoms with E-state index >= 15 is 0 Å². The van der Waals surface area contributed by atoms with E-state index < -0.39 is 11.2 Å². The molecule has 0 atom stereocenters.